The number of fused-ring (bicyclic) bond motifs is 1. The van der Waals surface area contributed by atoms with Crippen molar-refractivity contribution >= 4 is 41.0 Å². The Hall–Kier alpha value is -2.19. The lowest BCUT2D eigenvalue weighted by Gasteiger charge is -2.33. The van der Waals surface area contributed by atoms with E-state index in [4.69, 9.17) is 16.3 Å². The number of aromatic amines is 1. The zero-order valence-corrected chi connectivity index (χ0v) is 19.6. The van der Waals surface area contributed by atoms with Gasteiger partial charge in [-0.05, 0) is 55.7 Å². The number of piperidine rings is 1. The molecule has 0 saturated carbocycles. The van der Waals surface area contributed by atoms with Gasteiger partial charge in [0.15, 0.2) is 0 Å². The van der Waals surface area contributed by atoms with Gasteiger partial charge >= 0.3 is 0 Å². The van der Waals surface area contributed by atoms with E-state index in [0.717, 1.165) is 53.0 Å². The molecular formula is C24H28ClN3O3S. The highest BCUT2D eigenvalue weighted by atomic mass is 35.5. The van der Waals surface area contributed by atoms with E-state index < -0.39 is 6.10 Å². The normalized spacial score (nSPS) is 16.2. The van der Waals surface area contributed by atoms with Gasteiger partial charge in [0.2, 0.25) is 0 Å². The number of rotatable bonds is 7. The van der Waals surface area contributed by atoms with Crippen molar-refractivity contribution in [3.8, 4) is 5.75 Å². The number of aliphatic hydroxyl groups excluding tert-OH is 1. The van der Waals surface area contributed by atoms with Crippen LogP contribution < -0.4 is 10.1 Å². The summed E-state index contributed by atoms with van der Waals surface area (Å²) in [5.41, 5.74) is 2.46. The zero-order chi connectivity index (χ0) is 22.7. The first-order chi connectivity index (χ1) is 15.4. The third-order valence-electron chi connectivity index (χ3n) is 5.84. The third kappa shape index (κ3) is 5.59. The first-order valence-electron chi connectivity index (χ1n) is 10.8. The van der Waals surface area contributed by atoms with E-state index in [2.05, 4.69) is 27.8 Å². The number of nitrogens with zero attached hydrogens (tertiary/aromatic N) is 1. The Kier molecular flexibility index (Phi) is 7.30. The minimum atomic E-state index is -0.635. The highest BCUT2D eigenvalue weighted by molar-refractivity contribution is 7.80. The van der Waals surface area contributed by atoms with Crippen LogP contribution in [-0.4, -0.2) is 59.3 Å². The monoisotopic (exact) mass is 473 g/mol. The Labute approximate surface area is 198 Å². The molecule has 0 radical (unpaired) electrons. The topological polar surface area (TPSA) is 77.6 Å². The number of H-pyrrole nitrogens is 1. The quantitative estimate of drug-likeness (QED) is 0.390. The Morgan fingerprint density at radius 2 is 2.09 bits per heavy atom. The summed E-state index contributed by atoms with van der Waals surface area (Å²) in [6.45, 7) is 4.41. The van der Waals surface area contributed by atoms with Crippen LogP contribution in [0.5, 0.6) is 5.75 Å². The van der Waals surface area contributed by atoms with E-state index in [1.807, 2.05) is 43.3 Å². The van der Waals surface area contributed by atoms with Crippen molar-refractivity contribution in [3.63, 3.8) is 0 Å². The lowest BCUT2D eigenvalue weighted by atomic mass is 10.1. The first-order valence-corrected chi connectivity index (χ1v) is 11.6. The molecule has 1 aromatic heterocycles. The second-order valence-corrected chi connectivity index (χ2v) is 9.28. The highest BCUT2D eigenvalue weighted by Gasteiger charge is 2.23. The molecule has 0 bridgehead atoms. The molecule has 0 aliphatic carbocycles. The van der Waals surface area contributed by atoms with E-state index in [9.17, 15) is 9.90 Å². The predicted octanol–water partition coefficient (Wildman–Crippen LogP) is 4.05. The Balaban J connectivity index is 1.22. The number of hydrogen-bond donors (Lipinski definition) is 4. The van der Waals surface area contributed by atoms with E-state index in [1.54, 1.807) is 6.20 Å². The molecule has 2 heterocycles. The van der Waals surface area contributed by atoms with Crippen LogP contribution in [0.25, 0.3) is 10.9 Å². The Morgan fingerprint density at radius 1 is 1.31 bits per heavy atom. The molecule has 1 saturated heterocycles. The summed E-state index contributed by atoms with van der Waals surface area (Å²) in [7, 11) is 0. The van der Waals surface area contributed by atoms with Crippen LogP contribution in [0, 0.1) is 6.92 Å². The van der Waals surface area contributed by atoms with Crippen molar-refractivity contribution in [2.45, 2.75) is 36.9 Å². The number of thiol groups is 1. The van der Waals surface area contributed by atoms with Gasteiger partial charge in [-0.3, -0.25) is 4.79 Å². The maximum atomic E-state index is 12.6. The van der Waals surface area contributed by atoms with Crippen LogP contribution >= 0.6 is 24.2 Å². The molecule has 1 aliphatic heterocycles. The van der Waals surface area contributed by atoms with E-state index >= 15 is 0 Å². The van der Waals surface area contributed by atoms with Crippen molar-refractivity contribution in [1.82, 2.24) is 15.2 Å². The minimum absolute atomic E-state index is 0.155. The molecule has 6 nitrogen and oxygen atoms in total. The molecule has 0 spiro atoms. The van der Waals surface area contributed by atoms with Crippen LogP contribution in [0.4, 0.5) is 0 Å². The number of amides is 1. The van der Waals surface area contributed by atoms with Gasteiger partial charge < -0.3 is 25.0 Å². The Morgan fingerprint density at radius 3 is 2.84 bits per heavy atom. The Bertz CT molecular complexity index is 1100. The number of halogens is 1. The van der Waals surface area contributed by atoms with Crippen LogP contribution in [-0.2, 0) is 0 Å². The number of likely N-dealkylation sites (tertiary alicyclic amines) is 1. The average molecular weight is 474 g/mol. The molecule has 1 fully saturated rings. The number of aliphatic hydroxyl groups is 1. The molecule has 1 amide bonds. The summed E-state index contributed by atoms with van der Waals surface area (Å²) in [5.74, 6) is 0.672. The average Bonchev–Trinajstić information content (AvgIpc) is 3.18. The number of carbonyl (C=O) groups excluding carboxylic acids is 1. The standard InChI is InChI=1S/C24H28ClN3O3S/c1-15-10-16(25)2-5-23(15)31-18-6-8-28(9-7-18)14-17(29)12-27-24(30)21-13-26-22-11-19(32)3-4-20(21)22/h2-5,10-11,13,17-18,26,29,32H,6-9,12,14H2,1H3,(H,27,30)/t17-/m1/s1. The van der Waals surface area contributed by atoms with Gasteiger partial charge in [-0.15, -0.1) is 12.6 Å². The van der Waals surface area contributed by atoms with Gasteiger partial charge in [-0.2, -0.15) is 0 Å². The van der Waals surface area contributed by atoms with Gasteiger partial charge in [0.1, 0.15) is 11.9 Å². The number of ether oxygens (including phenoxy) is 1. The summed E-state index contributed by atoms with van der Waals surface area (Å²) >= 11 is 10.3. The number of aryl methyl sites for hydroxylation is 1. The molecule has 3 aromatic rings. The number of benzene rings is 2. The summed E-state index contributed by atoms with van der Waals surface area (Å²) in [5, 5.41) is 14.8. The number of aromatic nitrogens is 1. The highest BCUT2D eigenvalue weighted by Crippen LogP contribution is 2.25. The van der Waals surface area contributed by atoms with Crippen LogP contribution in [0.3, 0.4) is 0 Å². The van der Waals surface area contributed by atoms with E-state index in [0.29, 0.717) is 17.1 Å². The lowest BCUT2D eigenvalue weighted by Crippen LogP contribution is -2.45. The van der Waals surface area contributed by atoms with Crippen molar-refractivity contribution < 1.29 is 14.6 Å². The van der Waals surface area contributed by atoms with Crippen LogP contribution in [0.15, 0.2) is 47.5 Å². The van der Waals surface area contributed by atoms with Crippen molar-refractivity contribution in [2.24, 2.45) is 0 Å². The second-order valence-electron chi connectivity index (χ2n) is 8.32. The van der Waals surface area contributed by atoms with Gasteiger partial charge in [-0.1, -0.05) is 17.7 Å². The fourth-order valence-electron chi connectivity index (χ4n) is 4.10. The molecule has 32 heavy (non-hydrogen) atoms. The van der Waals surface area contributed by atoms with Gasteiger partial charge in [0, 0.05) is 53.2 Å². The van der Waals surface area contributed by atoms with E-state index in [1.165, 1.54) is 0 Å². The van der Waals surface area contributed by atoms with Crippen molar-refractivity contribution in [1.29, 1.82) is 0 Å². The molecule has 3 N–H and O–H groups in total. The largest absolute Gasteiger partial charge is 0.490 e. The fraction of sp³-hybridized carbons (Fsp3) is 0.375. The summed E-state index contributed by atoms with van der Waals surface area (Å²) in [6.07, 6.45) is 2.99. The van der Waals surface area contributed by atoms with Crippen molar-refractivity contribution in [3.05, 3.63) is 58.7 Å². The van der Waals surface area contributed by atoms with E-state index in [-0.39, 0.29) is 18.6 Å². The lowest BCUT2D eigenvalue weighted by molar-refractivity contribution is 0.0592. The van der Waals surface area contributed by atoms with Gasteiger partial charge in [0.25, 0.3) is 5.91 Å². The number of carbonyl (C=O) groups is 1. The zero-order valence-electron chi connectivity index (χ0n) is 18.0. The maximum Gasteiger partial charge on any atom is 0.253 e. The maximum absolute atomic E-state index is 12.6. The SMILES string of the molecule is Cc1cc(Cl)ccc1OC1CCN(C[C@H](O)CNC(=O)c2c[nH]c3cc(S)ccc23)CC1. The fourth-order valence-corrected chi connectivity index (χ4v) is 4.53. The van der Waals surface area contributed by atoms with Gasteiger partial charge in [-0.25, -0.2) is 0 Å². The predicted molar refractivity (Wildman–Crippen MR) is 130 cm³/mol. The summed E-state index contributed by atoms with van der Waals surface area (Å²) in [4.78, 5) is 18.7. The minimum Gasteiger partial charge on any atom is -0.490 e. The molecule has 2 aromatic carbocycles. The third-order valence-corrected chi connectivity index (χ3v) is 6.36. The second kappa shape index (κ2) is 10.2. The first kappa shape index (κ1) is 23.0. The van der Waals surface area contributed by atoms with Crippen LogP contribution in [0.2, 0.25) is 5.02 Å². The number of β-amino-alcohol motifs (C(OH)–C–C–N with tert-alkyl or cyclic N) is 1. The van der Waals surface area contributed by atoms with Crippen molar-refractivity contribution in [2.75, 3.05) is 26.2 Å². The molecule has 0 unspecified atom stereocenters. The van der Waals surface area contributed by atoms with Gasteiger partial charge in [0.05, 0.1) is 11.7 Å². The summed E-state index contributed by atoms with van der Waals surface area (Å²) in [6, 6.07) is 11.3. The molecule has 8 heteroatoms. The smallest absolute Gasteiger partial charge is 0.253 e. The number of hydrogen-bond acceptors (Lipinski definition) is 5. The molecule has 1 atom stereocenters. The van der Waals surface area contributed by atoms with Crippen LogP contribution in [0.1, 0.15) is 28.8 Å². The molecular weight excluding hydrogens is 446 g/mol. The molecule has 170 valence electrons. The molecule has 1 aliphatic rings. The summed E-state index contributed by atoms with van der Waals surface area (Å²) < 4.78 is 6.14. The molecule has 4 rings (SSSR count). The number of nitrogens with one attached hydrogen (secondary N) is 2.